The number of nitrogens with zero attached hydrogens (tertiary/aromatic N) is 5. The maximum absolute atomic E-state index is 12.8. The first-order valence-electron chi connectivity index (χ1n) is 10.5. The molecule has 12 heteroatoms. The van der Waals surface area contributed by atoms with Crippen molar-refractivity contribution in [1.82, 2.24) is 25.4 Å². The number of methoxy groups -OCH3 is 1. The normalized spacial score (nSPS) is 18.0. The molecule has 3 heterocycles. The summed E-state index contributed by atoms with van der Waals surface area (Å²) in [5.41, 5.74) is 1.87. The van der Waals surface area contributed by atoms with E-state index < -0.39 is 10.0 Å². The van der Waals surface area contributed by atoms with Gasteiger partial charge in [-0.1, -0.05) is 18.2 Å². The number of anilines is 1. The Balaban J connectivity index is 0.00000289. The summed E-state index contributed by atoms with van der Waals surface area (Å²) in [4.78, 5) is 8.73. The lowest BCUT2D eigenvalue weighted by Gasteiger charge is -2.25. The summed E-state index contributed by atoms with van der Waals surface area (Å²) in [6.45, 7) is 1.86. The fourth-order valence-electron chi connectivity index (χ4n) is 4.06. The van der Waals surface area contributed by atoms with Gasteiger partial charge < -0.3 is 15.4 Å². The number of nitrogens with one attached hydrogen (secondary N) is 2. The van der Waals surface area contributed by atoms with Gasteiger partial charge in [-0.15, -0.1) is 24.0 Å². The maximum atomic E-state index is 12.8. The fourth-order valence-corrected chi connectivity index (χ4v) is 5.49. The van der Waals surface area contributed by atoms with Gasteiger partial charge in [-0.2, -0.15) is 5.10 Å². The molecule has 0 bridgehead atoms. The third-order valence-corrected chi connectivity index (χ3v) is 7.34. The van der Waals surface area contributed by atoms with E-state index in [-0.39, 0.29) is 42.3 Å². The van der Waals surface area contributed by atoms with Crippen molar-refractivity contribution in [3.8, 4) is 0 Å². The number of guanidine groups is 1. The minimum absolute atomic E-state index is 0. The average molecular weight is 575 g/mol. The number of rotatable bonds is 7. The minimum atomic E-state index is -3.40. The van der Waals surface area contributed by atoms with Crippen LogP contribution >= 0.6 is 24.0 Å². The molecular formula is C20H30IN7O3S. The van der Waals surface area contributed by atoms with E-state index in [1.54, 1.807) is 14.2 Å². The van der Waals surface area contributed by atoms with Crippen LogP contribution in [0.1, 0.15) is 23.6 Å². The van der Waals surface area contributed by atoms with E-state index in [4.69, 9.17) is 4.74 Å². The first kappa shape index (κ1) is 24.7. The molecule has 0 saturated carbocycles. The number of fused-ring (bicyclic) bond motifs is 2. The lowest BCUT2D eigenvalue weighted by atomic mass is 10.1. The lowest BCUT2D eigenvalue weighted by molar-refractivity contribution is 0.177. The van der Waals surface area contributed by atoms with Gasteiger partial charge in [0.05, 0.1) is 18.0 Å². The number of aromatic nitrogens is 3. The molecule has 0 spiro atoms. The molecule has 1 unspecified atom stereocenters. The second-order valence-corrected chi connectivity index (χ2v) is 9.72. The SMILES string of the molecule is CN=C(NCCS(=O)(=O)N1CCc2ccccc21)NC1CCc2nc(COC)nn2C1.I. The molecule has 0 fully saturated rings. The van der Waals surface area contributed by atoms with Crippen molar-refractivity contribution in [2.45, 2.75) is 38.5 Å². The van der Waals surface area contributed by atoms with Crippen molar-refractivity contribution in [2.75, 3.05) is 37.3 Å². The molecular weight excluding hydrogens is 545 g/mol. The van der Waals surface area contributed by atoms with E-state index in [9.17, 15) is 8.42 Å². The van der Waals surface area contributed by atoms with Crippen molar-refractivity contribution in [2.24, 2.45) is 4.99 Å². The Hall–Kier alpha value is -1.93. The van der Waals surface area contributed by atoms with Crippen LogP contribution in [-0.2, 0) is 40.8 Å². The Morgan fingerprint density at radius 3 is 2.91 bits per heavy atom. The second kappa shape index (κ2) is 10.8. The number of hydrogen-bond donors (Lipinski definition) is 2. The monoisotopic (exact) mass is 575 g/mol. The van der Waals surface area contributed by atoms with Gasteiger partial charge in [0.2, 0.25) is 10.0 Å². The Kier molecular flexibility index (Phi) is 8.33. The Morgan fingerprint density at radius 1 is 1.31 bits per heavy atom. The van der Waals surface area contributed by atoms with Crippen LogP contribution in [0, 0.1) is 0 Å². The lowest BCUT2D eigenvalue weighted by Crippen LogP contribution is -2.48. The van der Waals surface area contributed by atoms with E-state index in [0.717, 1.165) is 36.3 Å². The summed E-state index contributed by atoms with van der Waals surface area (Å²) in [6.07, 6.45) is 2.47. The molecule has 32 heavy (non-hydrogen) atoms. The third-order valence-electron chi connectivity index (χ3n) is 5.57. The van der Waals surface area contributed by atoms with E-state index in [2.05, 4.69) is 25.7 Å². The van der Waals surface area contributed by atoms with Crippen LogP contribution in [0.3, 0.4) is 0 Å². The number of halogens is 1. The number of ether oxygens (including phenoxy) is 1. The molecule has 4 rings (SSSR count). The van der Waals surface area contributed by atoms with Gasteiger partial charge in [0.15, 0.2) is 11.8 Å². The molecule has 1 atom stereocenters. The number of sulfonamides is 1. The van der Waals surface area contributed by atoms with E-state index in [1.165, 1.54) is 4.31 Å². The molecule has 176 valence electrons. The smallest absolute Gasteiger partial charge is 0.236 e. The molecule has 0 radical (unpaired) electrons. The van der Waals surface area contributed by atoms with Crippen LogP contribution in [0.25, 0.3) is 0 Å². The minimum Gasteiger partial charge on any atom is -0.377 e. The second-order valence-electron chi connectivity index (χ2n) is 7.71. The zero-order valence-electron chi connectivity index (χ0n) is 18.3. The first-order chi connectivity index (χ1) is 15.0. The van der Waals surface area contributed by atoms with Gasteiger partial charge in [0.1, 0.15) is 12.4 Å². The highest BCUT2D eigenvalue weighted by Gasteiger charge is 2.29. The summed E-state index contributed by atoms with van der Waals surface area (Å²) in [6, 6.07) is 7.81. The van der Waals surface area contributed by atoms with Crippen LogP contribution in [0.15, 0.2) is 29.3 Å². The van der Waals surface area contributed by atoms with Crippen LogP contribution < -0.4 is 14.9 Å². The molecule has 2 aromatic rings. The standard InChI is InChI=1S/C20H29N7O3S.HI/c1-21-20(23-16-7-8-19-24-18(14-30-2)25-26(19)13-16)22-10-12-31(28,29)27-11-9-15-5-3-4-6-17(15)27;/h3-6,16H,7-14H2,1-2H3,(H2,21,22,23);1H. The number of aryl methyl sites for hydroxylation is 1. The van der Waals surface area contributed by atoms with Crippen molar-refractivity contribution in [3.05, 3.63) is 41.5 Å². The molecule has 10 nitrogen and oxygen atoms in total. The van der Waals surface area contributed by atoms with Crippen molar-refractivity contribution in [3.63, 3.8) is 0 Å². The summed E-state index contributed by atoms with van der Waals surface area (Å²) >= 11 is 0. The van der Waals surface area contributed by atoms with Crippen LogP contribution in [0.5, 0.6) is 0 Å². The van der Waals surface area contributed by atoms with Gasteiger partial charge in [-0.3, -0.25) is 9.30 Å². The Morgan fingerprint density at radius 2 is 2.12 bits per heavy atom. The van der Waals surface area contributed by atoms with Gasteiger partial charge in [-0.05, 0) is 24.5 Å². The quantitative estimate of drug-likeness (QED) is 0.287. The van der Waals surface area contributed by atoms with Gasteiger partial charge in [0.25, 0.3) is 0 Å². The van der Waals surface area contributed by atoms with Crippen molar-refractivity contribution in [1.29, 1.82) is 0 Å². The molecule has 0 saturated heterocycles. The molecule has 2 aliphatic heterocycles. The predicted octanol–water partition coefficient (Wildman–Crippen LogP) is 0.915. The molecule has 0 amide bonds. The Labute approximate surface area is 205 Å². The Bertz CT molecular complexity index is 1060. The van der Waals surface area contributed by atoms with Gasteiger partial charge in [0, 0.05) is 39.7 Å². The fraction of sp³-hybridized carbons (Fsp3) is 0.550. The highest BCUT2D eigenvalue weighted by atomic mass is 127. The van der Waals surface area contributed by atoms with E-state index >= 15 is 0 Å². The van der Waals surface area contributed by atoms with Crippen LogP contribution in [-0.4, -0.2) is 68.2 Å². The average Bonchev–Trinajstić information content (AvgIpc) is 3.37. The highest BCUT2D eigenvalue weighted by molar-refractivity contribution is 14.0. The first-order valence-corrected chi connectivity index (χ1v) is 12.1. The van der Waals surface area contributed by atoms with E-state index in [0.29, 0.717) is 31.5 Å². The largest absolute Gasteiger partial charge is 0.377 e. The predicted molar refractivity (Wildman–Crippen MR) is 134 cm³/mol. The molecule has 1 aromatic heterocycles. The summed E-state index contributed by atoms with van der Waals surface area (Å²) < 4.78 is 34.2. The summed E-state index contributed by atoms with van der Waals surface area (Å²) in [5.74, 6) is 2.24. The molecule has 2 N–H and O–H groups in total. The van der Waals surface area contributed by atoms with E-state index in [1.807, 2.05) is 28.9 Å². The number of para-hydroxylation sites is 1. The number of aliphatic imine (C=N–C) groups is 1. The molecule has 0 aliphatic carbocycles. The molecule has 1 aromatic carbocycles. The van der Waals surface area contributed by atoms with Crippen LogP contribution in [0.2, 0.25) is 0 Å². The van der Waals surface area contributed by atoms with Gasteiger partial charge in [-0.25, -0.2) is 18.1 Å². The summed E-state index contributed by atoms with van der Waals surface area (Å²) in [7, 11) is -0.0901. The maximum Gasteiger partial charge on any atom is 0.236 e. The van der Waals surface area contributed by atoms with Crippen LogP contribution in [0.4, 0.5) is 5.69 Å². The number of benzene rings is 1. The zero-order chi connectivity index (χ0) is 21.8. The highest BCUT2D eigenvalue weighted by Crippen LogP contribution is 2.29. The summed E-state index contributed by atoms with van der Waals surface area (Å²) in [5, 5.41) is 11.0. The zero-order valence-corrected chi connectivity index (χ0v) is 21.5. The third kappa shape index (κ3) is 5.52. The number of hydrogen-bond acceptors (Lipinski definition) is 6. The van der Waals surface area contributed by atoms with Crippen molar-refractivity contribution < 1.29 is 13.2 Å². The van der Waals surface area contributed by atoms with Crippen molar-refractivity contribution >= 4 is 45.6 Å². The van der Waals surface area contributed by atoms with Gasteiger partial charge >= 0.3 is 0 Å². The topological polar surface area (TPSA) is 114 Å². The molecule has 2 aliphatic rings.